The highest BCUT2D eigenvalue weighted by Crippen LogP contribution is 2.37. The summed E-state index contributed by atoms with van der Waals surface area (Å²) in [4.78, 5) is 51.8. The van der Waals surface area contributed by atoms with Crippen LogP contribution in [0, 0.1) is 0 Å². The van der Waals surface area contributed by atoms with Crippen LogP contribution in [0.15, 0.2) is 109 Å². The number of anilines is 1. The highest BCUT2D eigenvalue weighted by Gasteiger charge is 2.50. The lowest BCUT2D eigenvalue weighted by molar-refractivity contribution is -0.146. The van der Waals surface area contributed by atoms with Crippen LogP contribution in [-0.4, -0.2) is 75.3 Å². The second kappa shape index (κ2) is 17.5. The van der Waals surface area contributed by atoms with Crippen molar-refractivity contribution in [2.45, 2.75) is 64.3 Å². The molecule has 0 radical (unpaired) electrons. The molecule has 0 aromatic heterocycles. The Morgan fingerprint density at radius 2 is 1.21 bits per heavy atom. The molecule has 4 aromatic rings. The van der Waals surface area contributed by atoms with Crippen molar-refractivity contribution in [2.75, 3.05) is 25.6 Å². The number of aliphatic hydroxyl groups is 1. The van der Waals surface area contributed by atoms with Gasteiger partial charge in [-0.3, -0.25) is 14.9 Å². The van der Waals surface area contributed by atoms with Crippen molar-refractivity contribution in [3.8, 4) is 11.1 Å². The fourth-order valence-electron chi connectivity index (χ4n) is 5.97. The van der Waals surface area contributed by atoms with Gasteiger partial charge >= 0.3 is 12.1 Å². The Balaban J connectivity index is 1.45. The largest absolute Gasteiger partial charge is 0.467 e. The monoisotopic (exact) mass is 739 g/mol. The molecule has 3 amide bonds. The lowest BCUT2D eigenvalue weighted by Crippen LogP contribution is -2.68. The number of hydrogen-bond donors (Lipinski definition) is 4. The highest BCUT2D eigenvalue weighted by molar-refractivity contribution is 6.99. The maximum atomic E-state index is 13.5. The van der Waals surface area contributed by atoms with Gasteiger partial charge in [0.05, 0.1) is 20.3 Å². The van der Waals surface area contributed by atoms with Crippen LogP contribution >= 0.6 is 0 Å². The molecule has 0 aliphatic heterocycles. The van der Waals surface area contributed by atoms with E-state index < -0.39 is 56.5 Å². The Bertz CT molecular complexity index is 1800. The third-order valence-electron chi connectivity index (χ3n) is 8.50. The molecule has 2 atom stereocenters. The first kappa shape index (κ1) is 40.5. The van der Waals surface area contributed by atoms with Gasteiger partial charge in [0.15, 0.2) is 0 Å². The van der Waals surface area contributed by atoms with E-state index in [1.165, 1.54) is 7.11 Å². The summed E-state index contributed by atoms with van der Waals surface area (Å²) in [5.41, 5.74) is 1.85. The number of benzene rings is 4. The molecule has 4 aromatic carbocycles. The van der Waals surface area contributed by atoms with E-state index in [9.17, 15) is 24.3 Å². The van der Waals surface area contributed by atoms with Gasteiger partial charge in [0.1, 0.15) is 17.7 Å². The van der Waals surface area contributed by atoms with Crippen molar-refractivity contribution in [2.24, 2.45) is 0 Å². The highest BCUT2D eigenvalue weighted by atomic mass is 28.4. The minimum Gasteiger partial charge on any atom is -0.467 e. The zero-order valence-electron chi connectivity index (χ0n) is 31.3. The molecule has 0 bridgehead atoms. The zero-order valence-corrected chi connectivity index (χ0v) is 32.3. The molecular weight excluding hydrogens is 691 g/mol. The quantitative estimate of drug-likeness (QED) is 0.110. The molecule has 0 aliphatic rings. The maximum absolute atomic E-state index is 13.5. The topological polar surface area (TPSA) is 152 Å². The second-order valence-corrected chi connectivity index (χ2v) is 18.9. The van der Waals surface area contributed by atoms with Crippen molar-refractivity contribution in [1.29, 1.82) is 0 Å². The smallest absolute Gasteiger partial charge is 0.412 e. The lowest BCUT2D eigenvalue weighted by atomic mass is 10.0. The molecule has 2 unspecified atom stereocenters. The van der Waals surface area contributed by atoms with E-state index in [-0.39, 0.29) is 17.2 Å². The number of ether oxygens (including phenoxy) is 2. The van der Waals surface area contributed by atoms with Crippen molar-refractivity contribution >= 4 is 48.3 Å². The van der Waals surface area contributed by atoms with Crippen LogP contribution in [0.25, 0.3) is 11.1 Å². The number of nitrogens with one attached hydrogen (secondary N) is 3. The van der Waals surface area contributed by atoms with Crippen LogP contribution in [0.2, 0.25) is 5.04 Å². The molecule has 280 valence electrons. The first-order chi connectivity index (χ1) is 25.1. The number of rotatable bonds is 13. The molecule has 0 saturated carbocycles. The van der Waals surface area contributed by atoms with Gasteiger partial charge in [0, 0.05) is 11.3 Å². The summed E-state index contributed by atoms with van der Waals surface area (Å²) in [6.45, 7) is 10.7. The predicted molar refractivity (Wildman–Crippen MR) is 208 cm³/mol. The third-order valence-corrected chi connectivity index (χ3v) is 13.5. The standard InChI is InChI=1S/C41H49N3O8Si/c1-40(2,3)52-39(49)42-31-24-22-29(23-25-31)28-18-20-30(21-19-28)36(46)43-34(26-45)37(47)44-35(38(48)50-7)27-51-53(41(4,5)6,32-14-10-8-11-15-32)33-16-12-9-13-17-33/h8-25,34-35,45H,26-27H2,1-7H3,(H,42,49)(H,43,46)(H,44,47). The third kappa shape index (κ3) is 10.4. The Morgan fingerprint density at radius 1 is 0.698 bits per heavy atom. The van der Waals surface area contributed by atoms with E-state index in [1.54, 1.807) is 57.2 Å². The van der Waals surface area contributed by atoms with Crippen molar-refractivity contribution in [3.63, 3.8) is 0 Å². The van der Waals surface area contributed by atoms with Gasteiger partial charge in [0.25, 0.3) is 14.2 Å². The van der Waals surface area contributed by atoms with E-state index in [4.69, 9.17) is 13.9 Å². The summed E-state index contributed by atoms with van der Waals surface area (Å²) in [6, 6.07) is 30.9. The van der Waals surface area contributed by atoms with Gasteiger partial charge in [-0.1, -0.05) is 106 Å². The number of amides is 3. The van der Waals surface area contributed by atoms with Crippen LogP contribution in [-0.2, 0) is 23.5 Å². The molecule has 0 spiro atoms. The van der Waals surface area contributed by atoms with Gasteiger partial charge in [-0.05, 0) is 71.6 Å². The lowest BCUT2D eigenvalue weighted by Gasteiger charge is -2.43. The van der Waals surface area contributed by atoms with Crippen LogP contribution in [0.5, 0.6) is 0 Å². The molecule has 12 heteroatoms. The minimum atomic E-state index is -3.07. The first-order valence-electron chi connectivity index (χ1n) is 17.3. The summed E-state index contributed by atoms with van der Waals surface area (Å²) in [5.74, 6) is -2.11. The molecule has 11 nitrogen and oxygen atoms in total. The van der Waals surface area contributed by atoms with Gasteiger partial charge in [-0.25, -0.2) is 9.59 Å². The second-order valence-electron chi connectivity index (χ2n) is 14.5. The summed E-state index contributed by atoms with van der Waals surface area (Å²) >= 11 is 0. The summed E-state index contributed by atoms with van der Waals surface area (Å²) in [5, 5.41) is 19.6. The number of carbonyl (C=O) groups is 4. The molecule has 4 rings (SSSR count). The number of aliphatic hydroxyl groups excluding tert-OH is 1. The number of methoxy groups -OCH3 is 1. The van der Waals surface area contributed by atoms with Crippen LogP contribution in [0.3, 0.4) is 0 Å². The predicted octanol–water partition coefficient (Wildman–Crippen LogP) is 5.03. The molecule has 4 N–H and O–H groups in total. The van der Waals surface area contributed by atoms with Gasteiger partial charge < -0.3 is 29.6 Å². The molecule has 0 saturated heterocycles. The average Bonchev–Trinajstić information content (AvgIpc) is 3.13. The Labute approximate surface area is 312 Å². The normalized spacial score (nSPS) is 12.9. The van der Waals surface area contributed by atoms with E-state index in [0.29, 0.717) is 5.69 Å². The number of hydrogen-bond acceptors (Lipinski definition) is 8. The van der Waals surface area contributed by atoms with E-state index >= 15 is 0 Å². The van der Waals surface area contributed by atoms with Crippen molar-refractivity contribution in [3.05, 3.63) is 115 Å². The number of carbonyl (C=O) groups excluding carboxylic acids is 4. The Morgan fingerprint density at radius 3 is 1.66 bits per heavy atom. The van der Waals surface area contributed by atoms with Crippen molar-refractivity contribution < 1.29 is 38.2 Å². The fraction of sp³-hybridized carbons (Fsp3) is 0.317. The van der Waals surface area contributed by atoms with E-state index in [0.717, 1.165) is 21.5 Å². The van der Waals surface area contributed by atoms with E-state index in [1.807, 2.05) is 72.8 Å². The SMILES string of the molecule is COC(=O)C(CO[Si](c1ccccc1)(c1ccccc1)C(C)(C)C)NC(=O)C(CO)NC(=O)c1ccc(-c2ccc(NC(=O)OC(C)(C)C)cc2)cc1. The van der Waals surface area contributed by atoms with Gasteiger partial charge in [-0.15, -0.1) is 0 Å². The fourth-order valence-corrected chi connectivity index (χ4v) is 10.5. The van der Waals surface area contributed by atoms with Crippen LogP contribution in [0.1, 0.15) is 51.9 Å². The summed E-state index contributed by atoms with van der Waals surface area (Å²) in [7, 11) is -1.86. The molecule has 0 fully saturated rings. The van der Waals surface area contributed by atoms with Gasteiger partial charge in [-0.2, -0.15) is 0 Å². The zero-order chi connectivity index (χ0) is 38.8. The minimum absolute atomic E-state index is 0.211. The van der Waals surface area contributed by atoms with Crippen LogP contribution in [0.4, 0.5) is 10.5 Å². The summed E-state index contributed by atoms with van der Waals surface area (Å²) in [6.07, 6.45) is -0.556. The Hall–Kier alpha value is -5.30. The van der Waals surface area contributed by atoms with Crippen molar-refractivity contribution in [1.82, 2.24) is 10.6 Å². The van der Waals surface area contributed by atoms with Gasteiger partial charge in [0.2, 0.25) is 5.91 Å². The molecule has 0 heterocycles. The molecule has 53 heavy (non-hydrogen) atoms. The first-order valence-corrected chi connectivity index (χ1v) is 19.2. The Kier molecular flexibility index (Phi) is 13.3. The maximum Gasteiger partial charge on any atom is 0.412 e. The molecular formula is C41H49N3O8Si. The van der Waals surface area contributed by atoms with Crippen LogP contribution < -0.4 is 26.3 Å². The average molecular weight is 740 g/mol. The number of esters is 1. The van der Waals surface area contributed by atoms with E-state index in [2.05, 4.69) is 36.7 Å². The molecule has 0 aliphatic carbocycles. The summed E-state index contributed by atoms with van der Waals surface area (Å²) < 4.78 is 17.2.